The molecule has 2 rings (SSSR count). The van der Waals surface area contributed by atoms with Gasteiger partial charge < -0.3 is 24.4 Å². The Morgan fingerprint density at radius 1 is 1.23 bits per heavy atom. The zero-order valence-electron chi connectivity index (χ0n) is 13.3. The minimum Gasteiger partial charge on any atom is -0.493 e. The summed E-state index contributed by atoms with van der Waals surface area (Å²) in [4.78, 5) is 13.8. The van der Waals surface area contributed by atoms with E-state index in [2.05, 4.69) is 5.32 Å². The van der Waals surface area contributed by atoms with Crippen LogP contribution in [0.1, 0.15) is 12.0 Å². The first-order valence-corrected chi connectivity index (χ1v) is 7.51. The van der Waals surface area contributed by atoms with Crippen molar-refractivity contribution in [3.05, 3.63) is 23.8 Å². The van der Waals surface area contributed by atoms with Crippen molar-refractivity contribution < 1.29 is 19.0 Å². The molecule has 22 heavy (non-hydrogen) atoms. The van der Waals surface area contributed by atoms with Gasteiger partial charge in [-0.1, -0.05) is 6.07 Å². The van der Waals surface area contributed by atoms with Crippen LogP contribution in [0.5, 0.6) is 11.5 Å². The van der Waals surface area contributed by atoms with E-state index in [0.29, 0.717) is 57.3 Å². The van der Waals surface area contributed by atoms with E-state index in [9.17, 15) is 4.79 Å². The number of nitrogens with zero attached hydrogens (tertiary/aromatic N) is 1. The molecule has 1 aromatic carbocycles. The number of benzene rings is 1. The number of ether oxygens (including phenoxy) is 3. The Hall–Kier alpha value is -1.79. The zero-order chi connectivity index (χ0) is 15.8. The highest BCUT2D eigenvalue weighted by Crippen LogP contribution is 2.27. The summed E-state index contributed by atoms with van der Waals surface area (Å²) in [5.74, 6) is 1.61. The number of carbonyl (C=O) groups excluding carboxylic acids is 1. The lowest BCUT2D eigenvalue weighted by Crippen LogP contribution is -2.41. The molecule has 1 aliphatic rings. The van der Waals surface area contributed by atoms with Gasteiger partial charge in [-0.05, 0) is 17.7 Å². The number of nitrogens with one attached hydrogen (secondary N) is 1. The number of morpholine rings is 1. The summed E-state index contributed by atoms with van der Waals surface area (Å²) in [6.07, 6.45) is 0.507. The number of rotatable bonds is 7. The number of hydrogen-bond acceptors (Lipinski definition) is 5. The second-order valence-electron chi connectivity index (χ2n) is 5.11. The SMILES string of the molecule is COc1ccc(CNCCC(=O)N2CCOCC2)cc1OC. The van der Waals surface area contributed by atoms with E-state index >= 15 is 0 Å². The molecule has 1 aliphatic heterocycles. The average Bonchev–Trinajstić information content (AvgIpc) is 2.59. The van der Waals surface area contributed by atoms with E-state index in [-0.39, 0.29) is 5.91 Å². The maximum atomic E-state index is 12.0. The topological polar surface area (TPSA) is 60.0 Å². The molecule has 1 amide bonds. The van der Waals surface area contributed by atoms with Gasteiger partial charge in [0.05, 0.1) is 27.4 Å². The van der Waals surface area contributed by atoms with Crippen molar-refractivity contribution in [2.24, 2.45) is 0 Å². The average molecular weight is 308 g/mol. The number of hydrogen-bond donors (Lipinski definition) is 1. The fourth-order valence-corrected chi connectivity index (χ4v) is 2.39. The van der Waals surface area contributed by atoms with Crippen molar-refractivity contribution in [1.82, 2.24) is 10.2 Å². The highest BCUT2D eigenvalue weighted by Gasteiger charge is 2.15. The predicted molar refractivity (Wildman–Crippen MR) is 83.3 cm³/mol. The molecule has 1 aromatic rings. The van der Waals surface area contributed by atoms with E-state index in [4.69, 9.17) is 14.2 Å². The van der Waals surface area contributed by atoms with Gasteiger partial charge in [0.25, 0.3) is 0 Å². The molecule has 0 spiro atoms. The maximum absolute atomic E-state index is 12.0. The van der Waals surface area contributed by atoms with E-state index < -0.39 is 0 Å². The number of methoxy groups -OCH3 is 2. The summed E-state index contributed by atoms with van der Waals surface area (Å²) in [6.45, 7) is 4.04. The summed E-state index contributed by atoms with van der Waals surface area (Å²) < 4.78 is 15.7. The fourth-order valence-electron chi connectivity index (χ4n) is 2.39. The molecule has 1 heterocycles. The lowest BCUT2D eigenvalue weighted by Gasteiger charge is -2.26. The van der Waals surface area contributed by atoms with Crippen molar-refractivity contribution in [2.45, 2.75) is 13.0 Å². The Kier molecular flexibility index (Phi) is 6.48. The van der Waals surface area contributed by atoms with Crippen LogP contribution in [0.3, 0.4) is 0 Å². The second-order valence-corrected chi connectivity index (χ2v) is 5.11. The molecule has 1 fully saturated rings. The molecule has 0 bridgehead atoms. The van der Waals surface area contributed by atoms with Crippen molar-refractivity contribution in [1.29, 1.82) is 0 Å². The molecule has 122 valence electrons. The lowest BCUT2D eigenvalue weighted by molar-refractivity contribution is -0.135. The molecule has 0 saturated carbocycles. The molecule has 1 N–H and O–H groups in total. The summed E-state index contributed by atoms with van der Waals surface area (Å²) in [6, 6.07) is 5.81. The Bertz CT molecular complexity index is 487. The third-order valence-electron chi connectivity index (χ3n) is 3.66. The van der Waals surface area contributed by atoms with Gasteiger partial charge in [-0.25, -0.2) is 0 Å². The molecule has 6 nitrogen and oxygen atoms in total. The van der Waals surface area contributed by atoms with Gasteiger partial charge in [-0.15, -0.1) is 0 Å². The predicted octanol–water partition coefficient (Wildman–Crippen LogP) is 1.04. The minimum atomic E-state index is 0.183. The van der Waals surface area contributed by atoms with E-state index in [1.165, 1.54) is 0 Å². The van der Waals surface area contributed by atoms with Gasteiger partial charge in [0.15, 0.2) is 11.5 Å². The van der Waals surface area contributed by atoms with Gasteiger partial charge in [0.1, 0.15) is 0 Å². The molecule has 0 atom stereocenters. The first kappa shape index (κ1) is 16.6. The maximum Gasteiger partial charge on any atom is 0.224 e. The van der Waals surface area contributed by atoms with Crippen molar-refractivity contribution >= 4 is 5.91 Å². The Balaban J connectivity index is 1.73. The summed E-state index contributed by atoms with van der Waals surface area (Å²) in [7, 11) is 3.24. The first-order chi connectivity index (χ1) is 10.7. The normalized spacial score (nSPS) is 14.7. The van der Waals surface area contributed by atoms with Crippen LogP contribution in [0.4, 0.5) is 0 Å². The molecular formula is C16H24N2O4. The first-order valence-electron chi connectivity index (χ1n) is 7.51. The smallest absolute Gasteiger partial charge is 0.224 e. The van der Waals surface area contributed by atoms with Crippen molar-refractivity contribution in [2.75, 3.05) is 47.1 Å². The summed E-state index contributed by atoms with van der Waals surface area (Å²) >= 11 is 0. The highest BCUT2D eigenvalue weighted by molar-refractivity contribution is 5.76. The quantitative estimate of drug-likeness (QED) is 0.763. The fraction of sp³-hybridized carbons (Fsp3) is 0.562. The van der Waals surface area contributed by atoms with Gasteiger partial charge in [0, 0.05) is 32.6 Å². The van der Waals surface area contributed by atoms with Gasteiger partial charge in [-0.3, -0.25) is 4.79 Å². The summed E-state index contributed by atoms with van der Waals surface area (Å²) in [5.41, 5.74) is 1.09. The van der Waals surface area contributed by atoms with E-state index in [0.717, 1.165) is 5.56 Å². The van der Waals surface area contributed by atoms with Crippen LogP contribution in [-0.4, -0.2) is 57.9 Å². The molecule has 6 heteroatoms. The summed E-state index contributed by atoms with van der Waals surface area (Å²) in [5, 5.41) is 3.29. The number of amides is 1. The van der Waals surface area contributed by atoms with Crippen LogP contribution in [0.2, 0.25) is 0 Å². The van der Waals surface area contributed by atoms with Crippen molar-refractivity contribution in [3.63, 3.8) is 0 Å². The van der Waals surface area contributed by atoms with Crippen LogP contribution >= 0.6 is 0 Å². The molecule has 0 unspecified atom stereocenters. The molecule has 1 saturated heterocycles. The van der Waals surface area contributed by atoms with E-state index in [1.54, 1.807) is 14.2 Å². The second kappa shape index (κ2) is 8.60. The Morgan fingerprint density at radius 2 is 1.95 bits per heavy atom. The third-order valence-corrected chi connectivity index (χ3v) is 3.66. The largest absolute Gasteiger partial charge is 0.493 e. The number of carbonyl (C=O) groups is 1. The van der Waals surface area contributed by atoms with Crippen LogP contribution in [0.25, 0.3) is 0 Å². The van der Waals surface area contributed by atoms with Crippen LogP contribution in [0.15, 0.2) is 18.2 Å². The van der Waals surface area contributed by atoms with Gasteiger partial charge in [0.2, 0.25) is 5.91 Å². The Morgan fingerprint density at radius 3 is 2.64 bits per heavy atom. The van der Waals surface area contributed by atoms with Crippen molar-refractivity contribution in [3.8, 4) is 11.5 Å². The molecule has 0 radical (unpaired) electrons. The molecular weight excluding hydrogens is 284 g/mol. The van der Waals surface area contributed by atoms with Crippen LogP contribution in [-0.2, 0) is 16.1 Å². The lowest BCUT2D eigenvalue weighted by atomic mass is 10.2. The van der Waals surface area contributed by atoms with Gasteiger partial charge >= 0.3 is 0 Å². The van der Waals surface area contributed by atoms with Crippen LogP contribution < -0.4 is 14.8 Å². The highest BCUT2D eigenvalue weighted by atomic mass is 16.5. The third kappa shape index (κ3) is 4.61. The van der Waals surface area contributed by atoms with E-state index in [1.807, 2.05) is 23.1 Å². The zero-order valence-corrected chi connectivity index (χ0v) is 13.3. The standard InChI is InChI=1S/C16H24N2O4/c1-20-14-4-3-13(11-15(14)21-2)12-17-6-5-16(19)18-7-9-22-10-8-18/h3-4,11,17H,5-10,12H2,1-2H3. The minimum absolute atomic E-state index is 0.183. The van der Waals surface area contributed by atoms with Gasteiger partial charge in [-0.2, -0.15) is 0 Å². The molecule has 0 aliphatic carbocycles. The molecule has 0 aromatic heterocycles. The Labute approximate surface area is 131 Å². The van der Waals surface area contributed by atoms with Crippen LogP contribution in [0, 0.1) is 0 Å². The monoisotopic (exact) mass is 308 g/mol.